The topological polar surface area (TPSA) is 34.1 Å². The van der Waals surface area contributed by atoms with Gasteiger partial charge in [-0.3, -0.25) is 0 Å². The molecule has 1 aliphatic carbocycles. The molecule has 0 saturated heterocycles. The lowest BCUT2D eigenvalue weighted by Crippen LogP contribution is -2.25. The third-order valence-electron chi connectivity index (χ3n) is 4.04. The summed E-state index contributed by atoms with van der Waals surface area (Å²) >= 11 is 1.75. The average molecular weight is 294 g/mol. The summed E-state index contributed by atoms with van der Waals surface area (Å²) < 4.78 is 5.10. The minimum absolute atomic E-state index is 0.750. The van der Waals surface area contributed by atoms with Gasteiger partial charge >= 0.3 is 0 Å². The maximum atomic E-state index is 5.10. The molecule has 1 fully saturated rings. The van der Waals surface area contributed by atoms with E-state index in [2.05, 4.69) is 23.3 Å². The Bertz CT molecular complexity index is 422. The number of nitrogens with zero attached hydrogens (tertiary/aromatic N) is 1. The van der Waals surface area contributed by atoms with Crippen LogP contribution in [0.25, 0.3) is 6.08 Å². The highest BCUT2D eigenvalue weighted by atomic mass is 32.1. The fourth-order valence-corrected chi connectivity index (χ4v) is 3.58. The second-order valence-corrected chi connectivity index (χ2v) is 6.41. The Labute approximate surface area is 126 Å². The van der Waals surface area contributed by atoms with Gasteiger partial charge in [0.25, 0.3) is 0 Å². The second kappa shape index (κ2) is 8.55. The standard InChI is InChI=1S/C16H26N2OS/c1-13-16(20-12-18-13)10-15(11-17-8-9-19-2)14-6-4-3-5-7-14/h10,12,14,17H,3-9,11H2,1-2H3. The first-order chi connectivity index (χ1) is 9.81. The molecular weight excluding hydrogens is 268 g/mol. The van der Waals surface area contributed by atoms with E-state index in [1.807, 2.05) is 5.51 Å². The van der Waals surface area contributed by atoms with Crippen LogP contribution in [-0.4, -0.2) is 31.8 Å². The van der Waals surface area contributed by atoms with Crippen molar-refractivity contribution >= 4 is 17.4 Å². The van der Waals surface area contributed by atoms with Crippen molar-refractivity contribution in [3.05, 3.63) is 21.7 Å². The SMILES string of the molecule is COCCNCC(=Cc1scnc1C)C1CCCCC1. The number of hydrogen-bond acceptors (Lipinski definition) is 4. The smallest absolute Gasteiger partial charge is 0.0801 e. The molecule has 4 heteroatoms. The maximum Gasteiger partial charge on any atom is 0.0801 e. The van der Waals surface area contributed by atoms with Crippen LogP contribution in [0.4, 0.5) is 0 Å². The first-order valence-electron chi connectivity index (χ1n) is 7.61. The molecule has 1 aromatic rings. The molecule has 0 aromatic carbocycles. The van der Waals surface area contributed by atoms with Crippen LogP contribution < -0.4 is 5.32 Å². The van der Waals surface area contributed by atoms with E-state index in [4.69, 9.17) is 4.74 Å². The van der Waals surface area contributed by atoms with E-state index < -0.39 is 0 Å². The molecule has 0 atom stereocenters. The number of hydrogen-bond donors (Lipinski definition) is 1. The molecule has 112 valence electrons. The van der Waals surface area contributed by atoms with E-state index in [1.54, 1.807) is 24.0 Å². The van der Waals surface area contributed by atoms with Gasteiger partial charge in [0.2, 0.25) is 0 Å². The molecule has 2 rings (SSSR count). The van der Waals surface area contributed by atoms with Crippen molar-refractivity contribution in [2.24, 2.45) is 5.92 Å². The van der Waals surface area contributed by atoms with Crippen molar-refractivity contribution in [3.8, 4) is 0 Å². The molecule has 0 aliphatic heterocycles. The summed E-state index contributed by atoms with van der Waals surface area (Å²) in [6, 6.07) is 0. The maximum absolute atomic E-state index is 5.10. The van der Waals surface area contributed by atoms with Gasteiger partial charge in [0.05, 0.1) is 17.8 Å². The number of ether oxygens (including phenoxy) is 1. The molecule has 20 heavy (non-hydrogen) atoms. The molecule has 1 saturated carbocycles. The van der Waals surface area contributed by atoms with Crippen LogP contribution in [0.2, 0.25) is 0 Å². The van der Waals surface area contributed by atoms with Gasteiger partial charge in [-0.05, 0) is 31.8 Å². The summed E-state index contributed by atoms with van der Waals surface area (Å²) in [5, 5.41) is 3.51. The van der Waals surface area contributed by atoms with Crippen LogP contribution in [-0.2, 0) is 4.74 Å². The molecule has 1 N–H and O–H groups in total. The van der Waals surface area contributed by atoms with Gasteiger partial charge in [-0.2, -0.15) is 0 Å². The first-order valence-corrected chi connectivity index (χ1v) is 8.49. The van der Waals surface area contributed by atoms with Crippen LogP contribution in [0.15, 0.2) is 11.1 Å². The van der Waals surface area contributed by atoms with Crippen LogP contribution in [0.3, 0.4) is 0 Å². The van der Waals surface area contributed by atoms with Crippen LogP contribution in [0, 0.1) is 12.8 Å². The average Bonchev–Trinajstić information content (AvgIpc) is 2.88. The molecule has 0 amide bonds. The molecule has 0 radical (unpaired) electrons. The molecule has 0 unspecified atom stereocenters. The van der Waals surface area contributed by atoms with E-state index in [1.165, 1.54) is 37.0 Å². The van der Waals surface area contributed by atoms with Gasteiger partial charge in [0.15, 0.2) is 0 Å². The van der Waals surface area contributed by atoms with E-state index >= 15 is 0 Å². The third kappa shape index (κ3) is 4.69. The number of aryl methyl sites for hydroxylation is 1. The largest absolute Gasteiger partial charge is 0.383 e. The van der Waals surface area contributed by atoms with E-state index in [0.29, 0.717) is 0 Å². The monoisotopic (exact) mass is 294 g/mol. The van der Waals surface area contributed by atoms with Crippen molar-refractivity contribution in [3.63, 3.8) is 0 Å². The van der Waals surface area contributed by atoms with Crippen molar-refractivity contribution in [2.45, 2.75) is 39.0 Å². The molecule has 0 bridgehead atoms. The molecule has 1 aliphatic rings. The minimum Gasteiger partial charge on any atom is -0.383 e. The highest BCUT2D eigenvalue weighted by molar-refractivity contribution is 7.10. The van der Waals surface area contributed by atoms with Crippen molar-refractivity contribution in [1.82, 2.24) is 10.3 Å². The lowest BCUT2D eigenvalue weighted by Gasteiger charge is -2.25. The Kier molecular flexibility index (Phi) is 6.70. The van der Waals surface area contributed by atoms with E-state index in [0.717, 1.165) is 31.3 Å². The van der Waals surface area contributed by atoms with E-state index in [-0.39, 0.29) is 0 Å². The highest BCUT2D eigenvalue weighted by Gasteiger charge is 2.18. The van der Waals surface area contributed by atoms with Gasteiger partial charge in [-0.1, -0.05) is 24.8 Å². The Balaban J connectivity index is 2.02. The van der Waals surface area contributed by atoms with E-state index in [9.17, 15) is 0 Å². The van der Waals surface area contributed by atoms with Crippen LogP contribution >= 0.6 is 11.3 Å². The fourth-order valence-electron chi connectivity index (χ4n) is 2.81. The number of thiazole rings is 1. The Hall–Kier alpha value is -0.710. The van der Waals surface area contributed by atoms with Gasteiger partial charge in [0.1, 0.15) is 0 Å². The van der Waals surface area contributed by atoms with Crippen molar-refractivity contribution in [2.75, 3.05) is 26.8 Å². The number of aromatic nitrogens is 1. The van der Waals surface area contributed by atoms with Gasteiger partial charge in [-0.25, -0.2) is 4.98 Å². The summed E-state index contributed by atoms with van der Waals surface area (Å²) in [5.41, 5.74) is 4.64. The zero-order chi connectivity index (χ0) is 14.2. The summed E-state index contributed by atoms with van der Waals surface area (Å²) in [7, 11) is 1.75. The fraction of sp³-hybridized carbons (Fsp3) is 0.688. The molecular formula is C16H26N2OS. The molecule has 1 aromatic heterocycles. The summed E-state index contributed by atoms with van der Waals surface area (Å²) in [6.07, 6.45) is 9.22. The zero-order valence-electron chi connectivity index (χ0n) is 12.7. The molecule has 1 heterocycles. The predicted molar refractivity (Wildman–Crippen MR) is 86.1 cm³/mol. The Morgan fingerprint density at radius 3 is 2.90 bits per heavy atom. The highest BCUT2D eigenvalue weighted by Crippen LogP contribution is 2.31. The van der Waals surface area contributed by atoms with Gasteiger partial charge in [0, 0.05) is 25.1 Å². The predicted octanol–water partition coefficient (Wildman–Crippen LogP) is 3.65. The Morgan fingerprint density at radius 1 is 1.45 bits per heavy atom. The number of methoxy groups -OCH3 is 1. The van der Waals surface area contributed by atoms with Crippen LogP contribution in [0.5, 0.6) is 0 Å². The summed E-state index contributed by atoms with van der Waals surface area (Å²) in [5.74, 6) is 0.750. The second-order valence-electron chi connectivity index (χ2n) is 5.53. The third-order valence-corrected chi connectivity index (χ3v) is 4.92. The summed E-state index contributed by atoms with van der Waals surface area (Å²) in [6.45, 7) is 4.77. The first kappa shape index (κ1) is 15.7. The minimum atomic E-state index is 0.750. The van der Waals surface area contributed by atoms with Gasteiger partial charge < -0.3 is 10.1 Å². The number of rotatable bonds is 7. The normalized spacial score (nSPS) is 17.6. The lowest BCUT2D eigenvalue weighted by atomic mass is 9.83. The quantitative estimate of drug-likeness (QED) is 0.779. The lowest BCUT2D eigenvalue weighted by molar-refractivity contribution is 0.200. The molecule has 0 spiro atoms. The zero-order valence-corrected chi connectivity index (χ0v) is 13.5. The number of nitrogens with one attached hydrogen (secondary N) is 1. The van der Waals surface area contributed by atoms with Crippen LogP contribution in [0.1, 0.15) is 42.7 Å². The summed E-state index contributed by atoms with van der Waals surface area (Å²) in [4.78, 5) is 5.68. The Morgan fingerprint density at radius 2 is 2.25 bits per heavy atom. The van der Waals surface area contributed by atoms with Crippen molar-refractivity contribution in [1.29, 1.82) is 0 Å². The molecule has 3 nitrogen and oxygen atoms in total. The van der Waals surface area contributed by atoms with Gasteiger partial charge in [-0.15, -0.1) is 11.3 Å². The van der Waals surface area contributed by atoms with Crippen molar-refractivity contribution < 1.29 is 4.74 Å².